The highest BCUT2D eigenvalue weighted by atomic mass is 32.1. The van der Waals surface area contributed by atoms with Gasteiger partial charge in [0, 0.05) is 10.9 Å². The standard InChI is InChI=1S/C13H12N2O2S/c1-3-17-13(16)11-7(2)10-8(15-11)4-5-9-12(10)18-6-14-9/h4-6,15H,3H2,1-2H3. The van der Waals surface area contributed by atoms with Gasteiger partial charge in [-0.3, -0.25) is 0 Å². The molecule has 0 radical (unpaired) electrons. The summed E-state index contributed by atoms with van der Waals surface area (Å²) < 4.78 is 6.16. The first-order valence-corrected chi connectivity index (χ1v) is 6.62. The van der Waals surface area contributed by atoms with Crippen LogP contribution in [0.5, 0.6) is 0 Å². The van der Waals surface area contributed by atoms with Crippen LogP contribution in [0.2, 0.25) is 0 Å². The van der Waals surface area contributed by atoms with E-state index in [9.17, 15) is 4.79 Å². The number of hydrogen-bond donors (Lipinski definition) is 1. The second kappa shape index (κ2) is 4.10. The van der Waals surface area contributed by atoms with Gasteiger partial charge in [0.1, 0.15) is 5.69 Å². The predicted octanol–water partition coefficient (Wildman–Crippen LogP) is 3.26. The van der Waals surface area contributed by atoms with Gasteiger partial charge in [0.2, 0.25) is 0 Å². The Bertz CT molecular complexity index is 742. The van der Waals surface area contributed by atoms with Crippen molar-refractivity contribution >= 4 is 38.4 Å². The molecule has 5 heteroatoms. The lowest BCUT2D eigenvalue weighted by Gasteiger charge is -1.99. The summed E-state index contributed by atoms with van der Waals surface area (Å²) in [6.07, 6.45) is 0. The number of carbonyl (C=O) groups excluding carboxylic acids is 1. The molecule has 2 heterocycles. The second-order valence-electron chi connectivity index (χ2n) is 4.03. The molecule has 0 atom stereocenters. The Kier molecular flexibility index (Phi) is 2.56. The first kappa shape index (κ1) is 11.2. The number of rotatable bonds is 2. The summed E-state index contributed by atoms with van der Waals surface area (Å²) in [7, 11) is 0. The van der Waals surface area contributed by atoms with Crippen LogP contribution in [0.3, 0.4) is 0 Å². The third-order valence-electron chi connectivity index (χ3n) is 2.99. The Morgan fingerprint density at radius 3 is 3.11 bits per heavy atom. The summed E-state index contributed by atoms with van der Waals surface area (Å²) in [6.45, 7) is 4.12. The lowest BCUT2D eigenvalue weighted by atomic mass is 10.1. The molecule has 0 saturated carbocycles. The van der Waals surface area contributed by atoms with Crippen molar-refractivity contribution < 1.29 is 9.53 Å². The van der Waals surface area contributed by atoms with Crippen LogP contribution in [0, 0.1) is 6.92 Å². The number of hydrogen-bond acceptors (Lipinski definition) is 4. The molecule has 0 aliphatic carbocycles. The maximum atomic E-state index is 11.8. The van der Waals surface area contributed by atoms with E-state index in [0.29, 0.717) is 12.3 Å². The Hall–Kier alpha value is -1.88. The third-order valence-corrected chi connectivity index (χ3v) is 3.85. The Morgan fingerprint density at radius 1 is 1.50 bits per heavy atom. The molecule has 0 unspecified atom stereocenters. The van der Waals surface area contributed by atoms with Crippen LogP contribution < -0.4 is 0 Å². The number of H-pyrrole nitrogens is 1. The van der Waals surface area contributed by atoms with Gasteiger partial charge in [-0.2, -0.15) is 0 Å². The number of fused-ring (bicyclic) bond motifs is 3. The summed E-state index contributed by atoms with van der Waals surface area (Å²) in [5.41, 5.74) is 5.20. The average Bonchev–Trinajstić information content (AvgIpc) is 2.93. The van der Waals surface area contributed by atoms with Gasteiger partial charge < -0.3 is 9.72 Å². The van der Waals surface area contributed by atoms with Crippen LogP contribution in [0.4, 0.5) is 0 Å². The number of aromatic nitrogens is 2. The quantitative estimate of drug-likeness (QED) is 0.719. The van der Waals surface area contributed by atoms with Crippen LogP contribution in [0.1, 0.15) is 23.0 Å². The number of carbonyl (C=O) groups is 1. The van der Waals surface area contributed by atoms with Crippen LogP contribution in [-0.2, 0) is 4.74 Å². The molecular formula is C13H12N2O2S. The molecule has 4 nitrogen and oxygen atoms in total. The van der Waals surface area contributed by atoms with Crippen LogP contribution in [-0.4, -0.2) is 22.5 Å². The highest BCUT2D eigenvalue weighted by molar-refractivity contribution is 7.17. The number of esters is 1. The largest absolute Gasteiger partial charge is 0.461 e. The number of ether oxygens (including phenoxy) is 1. The van der Waals surface area contributed by atoms with Crippen molar-refractivity contribution in [1.82, 2.24) is 9.97 Å². The van der Waals surface area contributed by atoms with Gasteiger partial charge in [0.25, 0.3) is 0 Å². The van der Waals surface area contributed by atoms with Gasteiger partial charge in [0.15, 0.2) is 0 Å². The fraction of sp³-hybridized carbons (Fsp3) is 0.231. The molecule has 0 amide bonds. The maximum Gasteiger partial charge on any atom is 0.355 e. The first-order chi connectivity index (χ1) is 8.72. The van der Waals surface area contributed by atoms with Gasteiger partial charge in [-0.05, 0) is 31.5 Å². The summed E-state index contributed by atoms with van der Waals surface area (Å²) in [5, 5.41) is 1.07. The van der Waals surface area contributed by atoms with E-state index in [1.165, 1.54) is 0 Å². The second-order valence-corrected chi connectivity index (χ2v) is 4.89. The minimum atomic E-state index is -0.302. The van der Waals surface area contributed by atoms with Crippen molar-refractivity contribution in [2.45, 2.75) is 13.8 Å². The Labute approximate surface area is 108 Å². The topological polar surface area (TPSA) is 55.0 Å². The van der Waals surface area contributed by atoms with E-state index in [-0.39, 0.29) is 5.97 Å². The summed E-state index contributed by atoms with van der Waals surface area (Å²) >= 11 is 1.59. The van der Waals surface area contributed by atoms with Crippen molar-refractivity contribution in [3.05, 3.63) is 28.9 Å². The molecule has 1 N–H and O–H groups in total. The van der Waals surface area contributed by atoms with Gasteiger partial charge >= 0.3 is 5.97 Å². The molecular weight excluding hydrogens is 248 g/mol. The minimum absolute atomic E-state index is 0.302. The number of thiazole rings is 1. The monoisotopic (exact) mass is 260 g/mol. The van der Waals surface area contributed by atoms with E-state index in [1.54, 1.807) is 18.3 Å². The molecule has 3 rings (SSSR count). The van der Waals surface area contributed by atoms with E-state index in [2.05, 4.69) is 9.97 Å². The zero-order chi connectivity index (χ0) is 12.7. The average molecular weight is 260 g/mol. The van der Waals surface area contributed by atoms with Crippen molar-refractivity contribution in [2.75, 3.05) is 6.61 Å². The molecule has 0 saturated heterocycles. The molecule has 0 spiro atoms. The minimum Gasteiger partial charge on any atom is -0.461 e. The Balaban J connectivity index is 2.30. The van der Waals surface area contributed by atoms with Gasteiger partial charge in [-0.15, -0.1) is 11.3 Å². The summed E-state index contributed by atoms with van der Waals surface area (Å²) in [6, 6.07) is 3.91. The molecule has 0 fully saturated rings. The lowest BCUT2D eigenvalue weighted by Crippen LogP contribution is -2.06. The Morgan fingerprint density at radius 2 is 2.33 bits per heavy atom. The SMILES string of the molecule is CCOC(=O)c1[nH]c2ccc3ncsc3c2c1C. The number of aryl methyl sites for hydroxylation is 1. The molecule has 2 aromatic heterocycles. The number of nitrogens with zero attached hydrogens (tertiary/aromatic N) is 1. The van der Waals surface area contributed by atoms with Crippen molar-refractivity contribution in [1.29, 1.82) is 0 Å². The van der Waals surface area contributed by atoms with Crippen molar-refractivity contribution in [3.8, 4) is 0 Å². The van der Waals surface area contributed by atoms with Gasteiger partial charge in [-0.1, -0.05) is 0 Å². The highest BCUT2D eigenvalue weighted by Crippen LogP contribution is 2.32. The van der Waals surface area contributed by atoms with E-state index < -0.39 is 0 Å². The molecule has 0 aliphatic rings. The lowest BCUT2D eigenvalue weighted by molar-refractivity contribution is 0.0520. The number of aromatic amines is 1. The number of benzene rings is 1. The van der Waals surface area contributed by atoms with Crippen molar-refractivity contribution in [2.24, 2.45) is 0 Å². The zero-order valence-electron chi connectivity index (χ0n) is 10.1. The maximum absolute atomic E-state index is 11.8. The molecule has 3 aromatic rings. The van der Waals surface area contributed by atoms with Gasteiger partial charge in [-0.25, -0.2) is 9.78 Å². The van der Waals surface area contributed by atoms with E-state index in [4.69, 9.17) is 4.74 Å². The van der Waals surface area contributed by atoms with Gasteiger partial charge in [0.05, 0.1) is 22.3 Å². The van der Waals surface area contributed by atoms with Crippen LogP contribution >= 0.6 is 11.3 Å². The summed E-state index contributed by atoms with van der Waals surface area (Å²) in [5.74, 6) is -0.302. The fourth-order valence-electron chi connectivity index (χ4n) is 2.17. The fourth-order valence-corrected chi connectivity index (χ4v) is 3.06. The first-order valence-electron chi connectivity index (χ1n) is 5.74. The van der Waals surface area contributed by atoms with E-state index in [0.717, 1.165) is 26.7 Å². The molecule has 0 bridgehead atoms. The van der Waals surface area contributed by atoms with E-state index in [1.807, 2.05) is 24.6 Å². The van der Waals surface area contributed by atoms with Crippen molar-refractivity contribution in [3.63, 3.8) is 0 Å². The highest BCUT2D eigenvalue weighted by Gasteiger charge is 2.17. The predicted molar refractivity (Wildman–Crippen MR) is 72.2 cm³/mol. The van der Waals surface area contributed by atoms with E-state index >= 15 is 0 Å². The molecule has 18 heavy (non-hydrogen) atoms. The van der Waals surface area contributed by atoms with Crippen LogP contribution in [0.15, 0.2) is 17.6 Å². The van der Waals surface area contributed by atoms with Crippen LogP contribution in [0.25, 0.3) is 21.1 Å². The molecule has 92 valence electrons. The molecule has 1 aromatic carbocycles. The normalized spacial score (nSPS) is 11.2. The smallest absolute Gasteiger partial charge is 0.355 e. The third kappa shape index (κ3) is 1.51. The zero-order valence-corrected chi connectivity index (χ0v) is 10.9. The molecule has 0 aliphatic heterocycles. The number of nitrogens with one attached hydrogen (secondary N) is 1. The summed E-state index contributed by atoms with van der Waals surface area (Å²) in [4.78, 5) is 19.3.